The zero-order chi connectivity index (χ0) is 23.4. The number of nitrogens with one attached hydrogen (secondary N) is 2. The molecule has 0 radical (unpaired) electrons. The molecule has 4 N–H and O–H groups in total. The first-order valence-corrected chi connectivity index (χ1v) is 11.3. The number of imidazole rings is 1. The molecule has 2 aromatic rings. The van der Waals surface area contributed by atoms with E-state index in [2.05, 4.69) is 38.3 Å². The number of aliphatic imine (C=N–C) groups is 1. The van der Waals surface area contributed by atoms with Crippen molar-refractivity contribution >= 4 is 29.2 Å². The number of nitrogens with two attached hydrogens (primary N) is 1. The quantitative estimate of drug-likeness (QED) is 0.582. The Morgan fingerprint density at radius 3 is 2.91 bits per heavy atom. The van der Waals surface area contributed by atoms with Gasteiger partial charge in [0.1, 0.15) is 5.84 Å². The molecule has 1 aromatic carbocycles. The number of aromatic nitrogens is 2. The summed E-state index contributed by atoms with van der Waals surface area (Å²) in [5.74, 6) is 7.87. The van der Waals surface area contributed by atoms with E-state index in [1.54, 1.807) is 14.0 Å². The number of carbonyl (C=O) groups is 1. The normalized spacial score (nSPS) is 17.6. The Labute approximate surface area is 195 Å². The smallest absolute Gasteiger partial charge is 0.272 e. The van der Waals surface area contributed by atoms with E-state index >= 15 is 0 Å². The van der Waals surface area contributed by atoms with Crippen molar-refractivity contribution in [3.63, 3.8) is 0 Å². The molecule has 1 atom stereocenters. The monoisotopic (exact) mass is 448 g/mol. The molecule has 3 heterocycles. The molecule has 2 aliphatic heterocycles. The summed E-state index contributed by atoms with van der Waals surface area (Å²) >= 11 is 0. The summed E-state index contributed by atoms with van der Waals surface area (Å²) in [5, 5.41) is 6.13. The van der Waals surface area contributed by atoms with Crippen LogP contribution in [0.15, 0.2) is 29.3 Å². The molecule has 9 heteroatoms. The first kappa shape index (κ1) is 22.7. The number of hydrogen-bond acceptors (Lipinski definition) is 7. The average Bonchev–Trinajstić information content (AvgIpc) is 3.19. The topological polar surface area (TPSA) is 104 Å². The minimum atomic E-state index is -0.215. The number of nitrogens with zero attached hydrogens (tertiary/aromatic N) is 5. The van der Waals surface area contributed by atoms with Crippen LogP contribution < -0.4 is 21.3 Å². The van der Waals surface area contributed by atoms with Crippen LogP contribution in [0, 0.1) is 11.8 Å². The van der Waals surface area contributed by atoms with E-state index in [0.717, 1.165) is 43.4 Å². The lowest BCUT2D eigenvalue weighted by Gasteiger charge is -2.31. The molecular weight excluding hydrogens is 416 g/mol. The van der Waals surface area contributed by atoms with Gasteiger partial charge in [-0.3, -0.25) is 9.36 Å². The zero-order valence-electron chi connectivity index (χ0n) is 19.6. The largest absolute Gasteiger partial charge is 0.371 e. The Morgan fingerprint density at radius 1 is 1.33 bits per heavy atom. The van der Waals surface area contributed by atoms with Crippen molar-refractivity contribution < 1.29 is 4.79 Å². The highest BCUT2D eigenvalue weighted by Gasteiger charge is 2.28. The molecule has 33 heavy (non-hydrogen) atoms. The summed E-state index contributed by atoms with van der Waals surface area (Å²) in [6.45, 7) is 4.82. The number of rotatable bonds is 6. The second-order valence-electron chi connectivity index (χ2n) is 8.42. The zero-order valence-corrected chi connectivity index (χ0v) is 19.6. The minimum absolute atomic E-state index is 0.0965. The third-order valence-corrected chi connectivity index (χ3v) is 6.05. The van der Waals surface area contributed by atoms with Crippen LogP contribution in [0.3, 0.4) is 0 Å². The number of para-hydroxylation sites is 1. The lowest BCUT2D eigenvalue weighted by Crippen LogP contribution is -2.44. The lowest BCUT2D eigenvalue weighted by molar-refractivity contribution is 0.0950. The van der Waals surface area contributed by atoms with Crippen LogP contribution in [0.2, 0.25) is 0 Å². The number of anilines is 2. The fraction of sp³-hybridized carbons (Fsp3) is 0.458. The maximum atomic E-state index is 13.4. The van der Waals surface area contributed by atoms with Crippen LogP contribution >= 0.6 is 0 Å². The van der Waals surface area contributed by atoms with Gasteiger partial charge in [0.25, 0.3) is 5.91 Å². The third kappa shape index (κ3) is 4.81. The van der Waals surface area contributed by atoms with Crippen LogP contribution in [0.1, 0.15) is 35.8 Å². The second kappa shape index (κ2) is 9.96. The van der Waals surface area contributed by atoms with Gasteiger partial charge in [-0.25, -0.2) is 4.99 Å². The molecule has 1 amide bonds. The highest BCUT2D eigenvalue weighted by Crippen LogP contribution is 2.27. The summed E-state index contributed by atoms with van der Waals surface area (Å²) in [4.78, 5) is 27.1. The fourth-order valence-corrected chi connectivity index (χ4v) is 4.33. The summed E-state index contributed by atoms with van der Waals surface area (Å²) in [6.07, 6.45) is 1.99. The number of carbonyl (C=O) groups excluding carboxylic acids is 1. The van der Waals surface area contributed by atoms with Crippen molar-refractivity contribution in [2.75, 3.05) is 43.9 Å². The van der Waals surface area contributed by atoms with Crippen molar-refractivity contribution in [2.45, 2.75) is 38.9 Å². The molecule has 1 unspecified atom stereocenters. The van der Waals surface area contributed by atoms with E-state index in [4.69, 9.17) is 15.7 Å². The van der Waals surface area contributed by atoms with E-state index in [1.807, 2.05) is 29.8 Å². The molecular formula is C24H32N8O. The van der Waals surface area contributed by atoms with Gasteiger partial charge in [0.05, 0.1) is 18.8 Å². The second-order valence-corrected chi connectivity index (χ2v) is 8.42. The third-order valence-electron chi connectivity index (χ3n) is 6.05. The van der Waals surface area contributed by atoms with E-state index in [-0.39, 0.29) is 11.9 Å². The maximum absolute atomic E-state index is 13.4. The molecule has 0 saturated carbocycles. The van der Waals surface area contributed by atoms with Crippen LogP contribution in [0.25, 0.3) is 0 Å². The molecule has 174 valence electrons. The summed E-state index contributed by atoms with van der Waals surface area (Å²) in [5.41, 5.74) is 8.80. The Morgan fingerprint density at radius 2 is 2.15 bits per heavy atom. The highest BCUT2D eigenvalue weighted by atomic mass is 16.2. The molecule has 4 rings (SSSR count). The molecule has 0 bridgehead atoms. The summed E-state index contributed by atoms with van der Waals surface area (Å²) < 4.78 is 1.89. The van der Waals surface area contributed by atoms with E-state index in [0.29, 0.717) is 31.1 Å². The van der Waals surface area contributed by atoms with Crippen molar-refractivity contribution in [3.8, 4) is 11.8 Å². The molecule has 1 aromatic heterocycles. The standard InChI is InChI=1S/C24H32N8O/c1-4-5-13-32-21(22(26-2)29-24(32)31-12-8-10-18(25)16-31)23(33)27-14-20-28-19-11-7-6-9-17(19)15-30(20)3/h6-7,9,11,18,26H,8,10,12-16,25H2,1-3H3,(H,27,33). The molecule has 1 fully saturated rings. The van der Waals surface area contributed by atoms with Crippen LogP contribution in [-0.4, -0.2) is 66.0 Å². The first-order chi connectivity index (χ1) is 16.0. The van der Waals surface area contributed by atoms with Gasteiger partial charge in [0, 0.05) is 39.8 Å². The minimum Gasteiger partial charge on any atom is -0.371 e. The van der Waals surface area contributed by atoms with Gasteiger partial charge < -0.3 is 26.2 Å². The summed E-state index contributed by atoms with van der Waals surface area (Å²) in [6, 6.07) is 8.16. The van der Waals surface area contributed by atoms with Gasteiger partial charge in [-0.05, 0) is 31.4 Å². The first-order valence-electron chi connectivity index (χ1n) is 11.3. The predicted molar refractivity (Wildman–Crippen MR) is 132 cm³/mol. The van der Waals surface area contributed by atoms with Gasteiger partial charge in [-0.2, -0.15) is 4.98 Å². The molecule has 0 aliphatic carbocycles. The number of benzene rings is 1. The molecule has 1 saturated heterocycles. The van der Waals surface area contributed by atoms with Crippen molar-refractivity contribution in [1.29, 1.82) is 0 Å². The van der Waals surface area contributed by atoms with Gasteiger partial charge >= 0.3 is 0 Å². The highest BCUT2D eigenvalue weighted by molar-refractivity contribution is 6.01. The number of amides is 1. The van der Waals surface area contributed by atoms with Gasteiger partial charge in [-0.15, -0.1) is 5.92 Å². The predicted octanol–water partition coefficient (Wildman–Crippen LogP) is 1.78. The maximum Gasteiger partial charge on any atom is 0.272 e. The summed E-state index contributed by atoms with van der Waals surface area (Å²) in [7, 11) is 3.76. The van der Waals surface area contributed by atoms with Crippen molar-refractivity contribution in [1.82, 2.24) is 19.8 Å². The lowest BCUT2D eigenvalue weighted by atomic mass is 10.1. The van der Waals surface area contributed by atoms with Crippen LogP contribution in [0.4, 0.5) is 17.5 Å². The number of likely N-dealkylation sites (N-methyl/N-ethyl adjacent to an activating group) is 1. The Kier molecular flexibility index (Phi) is 6.84. The van der Waals surface area contributed by atoms with Crippen LogP contribution in [-0.2, 0) is 13.1 Å². The van der Waals surface area contributed by atoms with E-state index in [1.165, 1.54) is 5.56 Å². The van der Waals surface area contributed by atoms with Crippen LogP contribution in [0.5, 0.6) is 0 Å². The van der Waals surface area contributed by atoms with Gasteiger partial charge in [-0.1, -0.05) is 24.1 Å². The van der Waals surface area contributed by atoms with Gasteiger partial charge in [0.15, 0.2) is 11.5 Å². The van der Waals surface area contributed by atoms with E-state index < -0.39 is 0 Å². The number of fused-ring (bicyclic) bond motifs is 1. The Hall–Kier alpha value is -3.51. The number of hydrogen-bond donors (Lipinski definition) is 3. The van der Waals surface area contributed by atoms with Crippen molar-refractivity contribution in [2.24, 2.45) is 10.7 Å². The Bertz CT molecular complexity index is 1110. The van der Waals surface area contributed by atoms with E-state index in [9.17, 15) is 4.79 Å². The Balaban J connectivity index is 1.60. The molecule has 9 nitrogen and oxygen atoms in total. The number of amidine groups is 1. The number of piperidine rings is 1. The van der Waals surface area contributed by atoms with Crippen molar-refractivity contribution in [3.05, 3.63) is 35.5 Å². The fourth-order valence-electron chi connectivity index (χ4n) is 4.33. The molecule has 2 aliphatic rings. The average molecular weight is 449 g/mol. The SMILES string of the molecule is CC#CCn1c(N2CCCC(N)C2)nc(NC)c1C(=O)NCC1=Nc2ccccc2CN1C. The van der Waals surface area contributed by atoms with Gasteiger partial charge in [0.2, 0.25) is 5.95 Å². The molecule has 0 spiro atoms.